The van der Waals surface area contributed by atoms with Gasteiger partial charge in [-0.1, -0.05) is 90.3 Å². The van der Waals surface area contributed by atoms with Crippen LogP contribution in [0.5, 0.6) is 5.75 Å². The van der Waals surface area contributed by atoms with Crippen molar-refractivity contribution in [1.29, 1.82) is 0 Å². The van der Waals surface area contributed by atoms with E-state index in [0.29, 0.717) is 0 Å². The summed E-state index contributed by atoms with van der Waals surface area (Å²) in [6.45, 7) is 7.87. The number of unbranched alkanes of at least 4 members (excludes halogenated alkanes) is 6. The van der Waals surface area contributed by atoms with Gasteiger partial charge >= 0.3 is 0 Å². The highest BCUT2D eigenvalue weighted by Gasteiger charge is 2.20. The Morgan fingerprint density at radius 2 is 1.63 bits per heavy atom. The number of allylic oxidation sites excluding steroid dienone is 2. The van der Waals surface area contributed by atoms with E-state index in [0.717, 1.165) is 24.2 Å². The molecule has 1 aliphatic carbocycles. The molecule has 0 N–H and O–H groups in total. The number of hydrogen-bond donors (Lipinski definition) is 0. The van der Waals surface area contributed by atoms with Crippen LogP contribution in [0.1, 0.15) is 103 Å². The van der Waals surface area contributed by atoms with Gasteiger partial charge in [-0.3, -0.25) is 0 Å². The zero-order valence-electron chi connectivity index (χ0n) is 18.1. The van der Waals surface area contributed by atoms with E-state index in [1.54, 1.807) is 0 Å². The minimum Gasteiger partial charge on any atom is -0.494 e. The van der Waals surface area contributed by atoms with Crippen LogP contribution in [-0.2, 0) is 0 Å². The first kappa shape index (κ1) is 22.1. The van der Waals surface area contributed by atoms with E-state index in [4.69, 9.17) is 4.74 Å². The molecule has 0 spiro atoms. The molecule has 0 fully saturated rings. The summed E-state index contributed by atoms with van der Waals surface area (Å²) >= 11 is 0. The molecule has 2 atom stereocenters. The molecular formula is C26H42O. The molecule has 0 aromatic heterocycles. The van der Waals surface area contributed by atoms with E-state index < -0.39 is 0 Å². The van der Waals surface area contributed by atoms with Crippen molar-refractivity contribution in [3.63, 3.8) is 0 Å². The molecule has 0 radical (unpaired) electrons. The Balaban J connectivity index is 1.73. The number of rotatable bonds is 13. The van der Waals surface area contributed by atoms with Crippen LogP contribution in [0, 0.1) is 11.8 Å². The van der Waals surface area contributed by atoms with Crippen molar-refractivity contribution in [2.24, 2.45) is 11.8 Å². The van der Waals surface area contributed by atoms with E-state index in [1.807, 2.05) is 0 Å². The normalized spacial score (nSPS) is 18.2. The first-order valence-corrected chi connectivity index (χ1v) is 11.7. The predicted molar refractivity (Wildman–Crippen MR) is 119 cm³/mol. The molecule has 1 nitrogen and oxygen atoms in total. The Bertz CT molecular complexity index is 528. The summed E-state index contributed by atoms with van der Waals surface area (Å²) in [5, 5.41) is 0. The summed E-state index contributed by atoms with van der Waals surface area (Å²) in [6, 6.07) is 8.82. The lowest BCUT2D eigenvalue weighted by Gasteiger charge is -2.27. The standard InChI is InChI=1S/C26H42O/c1-4-6-8-9-11-21-27-26-19-17-25(18-20-26)24-15-13-23(14-16-24)22(3)12-10-7-5-2/h15,17-20,22-23H,4-14,16,21H2,1-3H3. The fourth-order valence-corrected chi connectivity index (χ4v) is 4.25. The molecule has 1 aromatic rings. The summed E-state index contributed by atoms with van der Waals surface area (Å²) in [7, 11) is 0. The third-order valence-corrected chi connectivity index (χ3v) is 6.26. The maximum Gasteiger partial charge on any atom is 0.119 e. The molecule has 2 unspecified atom stereocenters. The number of benzene rings is 1. The highest BCUT2D eigenvalue weighted by atomic mass is 16.5. The van der Waals surface area contributed by atoms with Crippen LogP contribution in [0.25, 0.3) is 5.57 Å². The topological polar surface area (TPSA) is 9.23 Å². The molecule has 0 amide bonds. The van der Waals surface area contributed by atoms with E-state index in [-0.39, 0.29) is 0 Å². The third kappa shape index (κ3) is 8.11. The lowest BCUT2D eigenvalue weighted by molar-refractivity contribution is 0.304. The van der Waals surface area contributed by atoms with Crippen LogP contribution in [0.2, 0.25) is 0 Å². The van der Waals surface area contributed by atoms with Gasteiger partial charge in [-0.25, -0.2) is 0 Å². The zero-order chi connectivity index (χ0) is 19.3. The molecule has 0 aliphatic heterocycles. The van der Waals surface area contributed by atoms with Crippen molar-refractivity contribution in [1.82, 2.24) is 0 Å². The molecule has 2 rings (SSSR count). The van der Waals surface area contributed by atoms with Gasteiger partial charge in [-0.15, -0.1) is 0 Å². The van der Waals surface area contributed by atoms with Crippen LogP contribution in [0.4, 0.5) is 0 Å². The Morgan fingerprint density at radius 3 is 2.30 bits per heavy atom. The monoisotopic (exact) mass is 370 g/mol. The highest BCUT2D eigenvalue weighted by molar-refractivity contribution is 5.66. The molecule has 0 saturated heterocycles. The fourth-order valence-electron chi connectivity index (χ4n) is 4.25. The van der Waals surface area contributed by atoms with Gasteiger partial charge in [0.2, 0.25) is 0 Å². The average Bonchev–Trinajstić information content (AvgIpc) is 2.71. The second kappa shape index (κ2) is 13.0. The molecule has 1 aliphatic rings. The van der Waals surface area contributed by atoms with Crippen molar-refractivity contribution < 1.29 is 4.74 Å². The molecular weight excluding hydrogens is 328 g/mol. The van der Waals surface area contributed by atoms with Gasteiger partial charge in [0, 0.05) is 0 Å². The molecule has 152 valence electrons. The summed E-state index contributed by atoms with van der Waals surface area (Å²) in [6.07, 6.45) is 18.4. The molecule has 0 saturated carbocycles. The molecule has 0 bridgehead atoms. The molecule has 1 aromatic carbocycles. The van der Waals surface area contributed by atoms with Crippen molar-refractivity contribution >= 4 is 5.57 Å². The Kier molecular flexibility index (Phi) is 10.6. The summed E-state index contributed by atoms with van der Waals surface area (Å²) in [5.41, 5.74) is 2.93. The quantitative estimate of drug-likeness (QED) is 0.316. The maximum absolute atomic E-state index is 5.90. The maximum atomic E-state index is 5.90. The number of hydrogen-bond acceptors (Lipinski definition) is 1. The van der Waals surface area contributed by atoms with Crippen LogP contribution < -0.4 is 4.74 Å². The van der Waals surface area contributed by atoms with Gasteiger partial charge < -0.3 is 4.74 Å². The minimum absolute atomic E-state index is 0.851. The third-order valence-electron chi connectivity index (χ3n) is 6.26. The summed E-state index contributed by atoms with van der Waals surface area (Å²) in [5.74, 6) is 2.79. The van der Waals surface area contributed by atoms with Crippen LogP contribution >= 0.6 is 0 Å². The van der Waals surface area contributed by atoms with Crippen molar-refractivity contribution in [3.05, 3.63) is 35.9 Å². The number of ether oxygens (including phenoxy) is 1. The van der Waals surface area contributed by atoms with Gasteiger partial charge in [-0.2, -0.15) is 0 Å². The largest absolute Gasteiger partial charge is 0.494 e. The van der Waals surface area contributed by atoms with Crippen molar-refractivity contribution in [3.8, 4) is 5.75 Å². The summed E-state index contributed by atoms with van der Waals surface area (Å²) in [4.78, 5) is 0. The van der Waals surface area contributed by atoms with Crippen LogP contribution in [-0.4, -0.2) is 6.61 Å². The first-order valence-electron chi connectivity index (χ1n) is 11.7. The van der Waals surface area contributed by atoms with Gasteiger partial charge in [0.25, 0.3) is 0 Å². The SMILES string of the molecule is CCCCCCCOc1ccc(C2=CCC(C(C)CCCCC)CC2)cc1. The summed E-state index contributed by atoms with van der Waals surface area (Å²) < 4.78 is 5.90. The molecule has 1 heteroatoms. The van der Waals surface area contributed by atoms with E-state index in [9.17, 15) is 0 Å². The Hall–Kier alpha value is -1.24. The fraction of sp³-hybridized carbons (Fsp3) is 0.692. The van der Waals surface area contributed by atoms with Gasteiger partial charge in [0.1, 0.15) is 5.75 Å². The second-order valence-electron chi connectivity index (χ2n) is 8.52. The van der Waals surface area contributed by atoms with Crippen LogP contribution in [0.3, 0.4) is 0 Å². The van der Waals surface area contributed by atoms with Gasteiger partial charge in [0.15, 0.2) is 0 Å². The Labute approximate surface area is 168 Å². The van der Waals surface area contributed by atoms with E-state index in [2.05, 4.69) is 51.1 Å². The predicted octanol–water partition coefficient (Wildman–Crippen LogP) is 8.44. The van der Waals surface area contributed by atoms with E-state index in [1.165, 1.54) is 88.2 Å². The highest BCUT2D eigenvalue weighted by Crippen LogP contribution is 2.36. The van der Waals surface area contributed by atoms with Gasteiger partial charge in [0.05, 0.1) is 6.61 Å². The lowest BCUT2D eigenvalue weighted by atomic mass is 9.78. The molecule has 27 heavy (non-hydrogen) atoms. The lowest BCUT2D eigenvalue weighted by Crippen LogP contribution is -2.14. The second-order valence-corrected chi connectivity index (χ2v) is 8.52. The zero-order valence-corrected chi connectivity index (χ0v) is 18.1. The van der Waals surface area contributed by atoms with E-state index >= 15 is 0 Å². The average molecular weight is 371 g/mol. The smallest absolute Gasteiger partial charge is 0.119 e. The van der Waals surface area contributed by atoms with Gasteiger partial charge in [-0.05, 0) is 60.8 Å². The minimum atomic E-state index is 0.851. The van der Waals surface area contributed by atoms with Crippen molar-refractivity contribution in [2.45, 2.75) is 97.8 Å². The first-order chi connectivity index (χ1) is 13.2. The van der Waals surface area contributed by atoms with Crippen molar-refractivity contribution in [2.75, 3.05) is 6.61 Å². The Morgan fingerprint density at radius 1 is 0.926 bits per heavy atom. The van der Waals surface area contributed by atoms with Crippen LogP contribution in [0.15, 0.2) is 30.3 Å². The molecule has 0 heterocycles.